The number of nitrogens with zero attached hydrogens (tertiary/aromatic N) is 2. The maximum absolute atomic E-state index is 3.65. The summed E-state index contributed by atoms with van der Waals surface area (Å²) in [6.07, 6.45) is 13.5. The van der Waals surface area contributed by atoms with E-state index in [0.29, 0.717) is 17.4 Å². The number of piperazine rings is 1. The molecule has 192 valence electrons. The van der Waals surface area contributed by atoms with Crippen LogP contribution in [-0.4, -0.2) is 55.1 Å². The standard InChI is InChI=1S/C32H49N3/c1-22(2)27-5-3-4-6-28(27)30-21-34(20-29-25-16-23-15-24(18-25)19-26(29)17-23)13-14-35(30)31-7-8-32(31)9-11-33-12-10-32/h3-6,22-26,29-31,33H,7-21H2,1-2H3/t23?,24?,25?,26?,29?,30-,31?/m0/s1. The zero-order valence-corrected chi connectivity index (χ0v) is 22.4. The van der Waals surface area contributed by atoms with E-state index in [0.717, 1.165) is 35.6 Å². The van der Waals surface area contributed by atoms with Gasteiger partial charge >= 0.3 is 0 Å². The molecule has 1 aromatic rings. The maximum Gasteiger partial charge on any atom is 0.0481 e. The summed E-state index contributed by atoms with van der Waals surface area (Å²) in [6, 6.07) is 10.9. The van der Waals surface area contributed by atoms with Gasteiger partial charge in [-0.3, -0.25) is 9.80 Å². The molecule has 0 aromatic heterocycles. The van der Waals surface area contributed by atoms with Crippen LogP contribution in [0.15, 0.2) is 24.3 Å². The topological polar surface area (TPSA) is 18.5 Å². The van der Waals surface area contributed by atoms with Crippen molar-refractivity contribution in [2.75, 3.05) is 39.3 Å². The predicted octanol–water partition coefficient (Wildman–Crippen LogP) is 6.07. The molecular formula is C32H49N3. The molecule has 1 N–H and O–H groups in total. The monoisotopic (exact) mass is 475 g/mol. The number of hydrogen-bond donors (Lipinski definition) is 1. The molecule has 35 heavy (non-hydrogen) atoms. The van der Waals surface area contributed by atoms with Crippen LogP contribution in [-0.2, 0) is 0 Å². The molecule has 2 atom stereocenters. The maximum atomic E-state index is 3.65. The van der Waals surface area contributed by atoms with E-state index >= 15 is 0 Å². The number of rotatable bonds is 5. The summed E-state index contributed by atoms with van der Waals surface area (Å²) in [7, 11) is 0. The lowest BCUT2D eigenvalue weighted by Gasteiger charge is -2.60. The van der Waals surface area contributed by atoms with Crippen molar-refractivity contribution in [2.45, 2.75) is 89.6 Å². The molecule has 2 aliphatic heterocycles. The Morgan fingerprint density at radius 3 is 2.29 bits per heavy atom. The smallest absolute Gasteiger partial charge is 0.0481 e. The van der Waals surface area contributed by atoms with Gasteiger partial charge in [0, 0.05) is 38.3 Å². The van der Waals surface area contributed by atoms with Crippen molar-refractivity contribution in [1.82, 2.24) is 15.1 Å². The third-order valence-corrected chi connectivity index (χ3v) is 12.0. The number of piperidine rings is 1. The third kappa shape index (κ3) is 4.03. The van der Waals surface area contributed by atoms with Crippen molar-refractivity contribution in [1.29, 1.82) is 0 Å². The molecule has 2 heterocycles. The lowest BCUT2D eigenvalue weighted by atomic mass is 9.52. The lowest BCUT2D eigenvalue weighted by Crippen LogP contribution is -2.63. The van der Waals surface area contributed by atoms with E-state index in [1.54, 1.807) is 43.2 Å². The van der Waals surface area contributed by atoms with Crippen LogP contribution in [0.5, 0.6) is 0 Å². The van der Waals surface area contributed by atoms with Crippen molar-refractivity contribution in [3.8, 4) is 0 Å². The van der Waals surface area contributed by atoms with Gasteiger partial charge < -0.3 is 5.32 Å². The summed E-state index contributed by atoms with van der Waals surface area (Å²) in [4.78, 5) is 5.97. The highest BCUT2D eigenvalue weighted by Gasteiger charge is 2.53. The molecule has 1 spiro atoms. The van der Waals surface area contributed by atoms with Crippen molar-refractivity contribution < 1.29 is 0 Å². The van der Waals surface area contributed by atoms with Gasteiger partial charge in [0.15, 0.2) is 0 Å². The van der Waals surface area contributed by atoms with Gasteiger partial charge in [-0.2, -0.15) is 0 Å². The van der Waals surface area contributed by atoms with Crippen LogP contribution in [0.2, 0.25) is 0 Å². The summed E-state index contributed by atoms with van der Waals surface area (Å²) >= 11 is 0. The van der Waals surface area contributed by atoms with E-state index in [-0.39, 0.29) is 0 Å². The summed E-state index contributed by atoms with van der Waals surface area (Å²) in [5.41, 5.74) is 3.84. The SMILES string of the molecule is CC(C)c1ccccc1[C@@H]1CN(CC2C3CC4CC(C3)CC2C4)CCN1C1CCC12CCNCC2. The predicted molar refractivity (Wildman–Crippen MR) is 145 cm³/mol. The largest absolute Gasteiger partial charge is 0.317 e. The number of hydrogen-bond acceptors (Lipinski definition) is 3. The van der Waals surface area contributed by atoms with Crippen molar-refractivity contribution in [3.63, 3.8) is 0 Å². The normalized spacial score (nSPS) is 40.9. The Morgan fingerprint density at radius 2 is 1.63 bits per heavy atom. The van der Waals surface area contributed by atoms with Crippen molar-refractivity contribution in [3.05, 3.63) is 35.4 Å². The molecule has 4 bridgehead atoms. The van der Waals surface area contributed by atoms with E-state index in [4.69, 9.17) is 0 Å². The molecule has 3 heteroatoms. The highest BCUT2D eigenvalue weighted by atomic mass is 15.3. The molecule has 5 aliphatic carbocycles. The highest BCUT2D eigenvalue weighted by Crippen LogP contribution is 2.57. The second-order valence-electron chi connectivity index (χ2n) is 14.1. The van der Waals surface area contributed by atoms with E-state index in [9.17, 15) is 0 Å². The Labute approximate surface area is 214 Å². The average Bonchev–Trinajstić information content (AvgIpc) is 2.86. The molecule has 0 amide bonds. The third-order valence-electron chi connectivity index (χ3n) is 12.0. The van der Waals surface area contributed by atoms with Crippen LogP contribution in [0, 0.1) is 35.0 Å². The molecule has 0 radical (unpaired) electrons. The van der Waals surface area contributed by atoms with E-state index < -0.39 is 0 Å². The Hall–Kier alpha value is -0.900. The van der Waals surface area contributed by atoms with Gasteiger partial charge in [-0.05, 0) is 123 Å². The first-order valence-electron chi connectivity index (χ1n) is 15.4. The van der Waals surface area contributed by atoms with Gasteiger partial charge in [0.05, 0.1) is 0 Å². The minimum absolute atomic E-state index is 0.580. The summed E-state index contributed by atoms with van der Waals surface area (Å²) in [5, 5.41) is 3.65. The van der Waals surface area contributed by atoms with Crippen LogP contribution in [0.1, 0.15) is 94.7 Å². The molecular weight excluding hydrogens is 426 g/mol. The van der Waals surface area contributed by atoms with Gasteiger partial charge in [-0.1, -0.05) is 38.1 Å². The van der Waals surface area contributed by atoms with E-state index in [1.165, 1.54) is 65.0 Å². The summed E-state index contributed by atoms with van der Waals surface area (Å²) < 4.78 is 0. The van der Waals surface area contributed by atoms with Gasteiger partial charge in [0.2, 0.25) is 0 Å². The Kier molecular flexibility index (Phi) is 6.06. The lowest BCUT2D eigenvalue weighted by molar-refractivity contribution is -0.0998. The van der Waals surface area contributed by atoms with Gasteiger partial charge in [0.25, 0.3) is 0 Å². The van der Waals surface area contributed by atoms with Crippen molar-refractivity contribution >= 4 is 0 Å². The molecule has 2 saturated heterocycles. The molecule has 5 saturated carbocycles. The van der Waals surface area contributed by atoms with Crippen LogP contribution in [0.4, 0.5) is 0 Å². The van der Waals surface area contributed by atoms with Gasteiger partial charge in [-0.15, -0.1) is 0 Å². The molecule has 1 aromatic carbocycles. The van der Waals surface area contributed by atoms with E-state index in [1.807, 2.05) is 0 Å². The van der Waals surface area contributed by atoms with Gasteiger partial charge in [0.1, 0.15) is 0 Å². The van der Waals surface area contributed by atoms with Crippen LogP contribution >= 0.6 is 0 Å². The number of benzene rings is 1. The van der Waals surface area contributed by atoms with Crippen LogP contribution in [0.3, 0.4) is 0 Å². The first-order valence-corrected chi connectivity index (χ1v) is 15.4. The van der Waals surface area contributed by atoms with Crippen LogP contribution in [0.25, 0.3) is 0 Å². The molecule has 1 unspecified atom stereocenters. The second-order valence-corrected chi connectivity index (χ2v) is 14.1. The molecule has 7 aliphatic rings. The summed E-state index contributed by atoms with van der Waals surface area (Å²) in [6.45, 7) is 12.5. The fourth-order valence-electron chi connectivity index (χ4n) is 10.4. The zero-order chi connectivity index (χ0) is 23.6. The van der Waals surface area contributed by atoms with Crippen LogP contribution < -0.4 is 5.32 Å². The van der Waals surface area contributed by atoms with Crippen molar-refractivity contribution in [2.24, 2.45) is 35.0 Å². The summed E-state index contributed by atoms with van der Waals surface area (Å²) in [5.74, 6) is 5.88. The first-order chi connectivity index (χ1) is 17.1. The molecule has 3 nitrogen and oxygen atoms in total. The Morgan fingerprint density at radius 1 is 0.914 bits per heavy atom. The fraction of sp³-hybridized carbons (Fsp3) is 0.812. The quantitative estimate of drug-likeness (QED) is 0.557. The second kappa shape index (κ2) is 9.14. The van der Waals surface area contributed by atoms with E-state index in [2.05, 4.69) is 53.2 Å². The fourth-order valence-corrected chi connectivity index (χ4v) is 10.4. The number of nitrogens with one attached hydrogen (secondary N) is 1. The Balaban J connectivity index is 1.14. The average molecular weight is 476 g/mol. The first kappa shape index (κ1) is 23.2. The molecule has 7 fully saturated rings. The minimum Gasteiger partial charge on any atom is -0.317 e. The zero-order valence-electron chi connectivity index (χ0n) is 22.4. The van der Waals surface area contributed by atoms with Gasteiger partial charge in [-0.25, -0.2) is 0 Å². The Bertz CT molecular complexity index is 874. The highest BCUT2D eigenvalue weighted by molar-refractivity contribution is 5.33. The molecule has 8 rings (SSSR count). The minimum atomic E-state index is 0.580.